The number of halogens is 1. The Morgan fingerprint density at radius 2 is 1.87 bits per heavy atom. The van der Waals surface area contributed by atoms with Crippen LogP contribution in [0.15, 0.2) is 48.5 Å². The molecule has 3 nitrogen and oxygen atoms in total. The Kier molecular flexibility index (Phi) is 4.60. The van der Waals surface area contributed by atoms with Crippen molar-refractivity contribution < 1.29 is 13.9 Å². The van der Waals surface area contributed by atoms with Crippen molar-refractivity contribution in [1.29, 1.82) is 0 Å². The molecule has 2 aromatic carbocycles. The van der Waals surface area contributed by atoms with Gasteiger partial charge in [0.1, 0.15) is 0 Å². The van der Waals surface area contributed by atoms with Crippen molar-refractivity contribution in [3.05, 3.63) is 65.5 Å². The largest absolute Gasteiger partial charge is 0.478 e. The van der Waals surface area contributed by atoms with Gasteiger partial charge in [-0.2, -0.15) is 0 Å². The summed E-state index contributed by atoms with van der Waals surface area (Å²) in [6, 6.07) is 14.4. The minimum Gasteiger partial charge on any atom is -0.478 e. The van der Waals surface area contributed by atoms with E-state index in [4.69, 9.17) is 4.74 Å². The molecule has 120 valence electrons. The van der Waals surface area contributed by atoms with Crippen LogP contribution in [-0.2, 0) is 17.8 Å². The lowest BCUT2D eigenvalue weighted by Crippen LogP contribution is -2.44. The highest BCUT2D eigenvalue weighted by molar-refractivity contribution is 5.81. The predicted molar refractivity (Wildman–Crippen MR) is 86.7 cm³/mol. The Bertz CT molecular complexity index is 701. The number of fused-ring (bicyclic) bond motifs is 1. The smallest absolute Gasteiger partial charge is 0.263 e. The van der Waals surface area contributed by atoms with Crippen molar-refractivity contribution in [2.75, 3.05) is 6.54 Å². The first kappa shape index (κ1) is 15.5. The second-order valence-electron chi connectivity index (χ2n) is 5.72. The summed E-state index contributed by atoms with van der Waals surface area (Å²) in [4.78, 5) is 14.5. The molecular formula is C19H20FNO2. The maximum absolute atomic E-state index is 13.7. The molecule has 0 radical (unpaired) electrons. The molecular weight excluding hydrogens is 293 g/mol. The fraction of sp³-hybridized carbons (Fsp3) is 0.316. The summed E-state index contributed by atoms with van der Waals surface area (Å²) < 4.78 is 19.4. The Hall–Kier alpha value is -2.36. The van der Waals surface area contributed by atoms with E-state index < -0.39 is 11.9 Å². The topological polar surface area (TPSA) is 29.5 Å². The quantitative estimate of drug-likeness (QED) is 0.863. The monoisotopic (exact) mass is 313 g/mol. The summed E-state index contributed by atoms with van der Waals surface area (Å²) in [5.41, 5.74) is 2.47. The van der Waals surface area contributed by atoms with E-state index in [1.165, 1.54) is 17.2 Å². The van der Waals surface area contributed by atoms with Crippen molar-refractivity contribution in [3.63, 3.8) is 0 Å². The van der Waals surface area contributed by atoms with Gasteiger partial charge < -0.3 is 9.64 Å². The van der Waals surface area contributed by atoms with E-state index in [0.29, 0.717) is 19.5 Å². The second-order valence-corrected chi connectivity index (χ2v) is 5.72. The van der Waals surface area contributed by atoms with E-state index in [0.717, 1.165) is 6.42 Å². The number of hydrogen-bond acceptors (Lipinski definition) is 2. The van der Waals surface area contributed by atoms with Crippen molar-refractivity contribution in [2.45, 2.75) is 32.4 Å². The molecule has 0 aliphatic carbocycles. The van der Waals surface area contributed by atoms with Crippen LogP contribution in [0, 0.1) is 5.82 Å². The number of carbonyl (C=O) groups is 1. The lowest BCUT2D eigenvalue weighted by atomic mass is 9.99. The van der Waals surface area contributed by atoms with Crippen molar-refractivity contribution in [3.8, 4) is 5.75 Å². The van der Waals surface area contributed by atoms with Gasteiger partial charge in [-0.25, -0.2) is 4.39 Å². The third kappa shape index (κ3) is 3.36. The molecule has 4 heteroatoms. The summed E-state index contributed by atoms with van der Waals surface area (Å²) in [7, 11) is 0. The zero-order valence-electron chi connectivity index (χ0n) is 13.2. The molecule has 0 aromatic heterocycles. The first-order valence-corrected chi connectivity index (χ1v) is 7.95. The molecule has 1 aliphatic rings. The second kappa shape index (κ2) is 6.82. The van der Waals surface area contributed by atoms with Crippen LogP contribution in [0.25, 0.3) is 0 Å². The van der Waals surface area contributed by atoms with E-state index in [2.05, 4.69) is 6.07 Å². The summed E-state index contributed by atoms with van der Waals surface area (Å²) >= 11 is 0. The molecule has 1 heterocycles. The maximum Gasteiger partial charge on any atom is 0.263 e. The van der Waals surface area contributed by atoms with Crippen molar-refractivity contribution in [2.24, 2.45) is 0 Å². The van der Waals surface area contributed by atoms with Gasteiger partial charge in [0.05, 0.1) is 0 Å². The molecule has 0 N–H and O–H groups in total. The fourth-order valence-corrected chi connectivity index (χ4v) is 2.89. The van der Waals surface area contributed by atoms with Crippen molar-refractivity contribution in [1.82, 2.24) is 4.90 Å². The molecule has 0 saturated carbocycles. The Labute approximate surface area is 135 Å². The van der Waals surface area contributed by atoms with E-state index in [1.807, 2.05) is 25.1 Å². The Balaban J connectivity index is 1.72. The van der Waals surface area contributed by atoms with Crippen LogP contribution in [0.1, 0.15) is 24.5 Å². The van der Waals surface area contributed by atoms with Gasteiger partial charge in [0.25, 0.3) is 5.91 Å². The molecule has 0 spiro atoms. The molecule has 0 bridgehead atoms. The van der Waals surface area contributed by atoms with Crippen LogP contribution in [0.2, 0.25) is 0 Å². The van der Waals surface area contributed by atoms with Crippen LogP contribution in [0.5, 0.6) is 5.75 Å². The number of hydrogen-bond donors (Lipinski definition) is 0. The van der Waals surface area contributed by atoms with Crippen LogP contribution in [-0.4, -0.2) is 23.5 Å². The number of para-hydroxylation sites is 1. The highest BCUT2D eigenvalue weighted by Gasteiger charge is 2.28. The van der Waals surface area contributed by atoms with Crippen LogP contribution in [0.4, 0.5) is 4.39 Å². The summed E-state index contributed by atoms with van der Waals surface area (Å²) in [6.45, 7) is 3.14. The predicted octanol–water partition coefficient (Wildman–Crippen LogP) is 3.57. The SMILES string of the molecule is CC[C@@H](Oc1ccccc1F)C(=O)N1CCc2ccccc2C1. The van der Waals surface area contributed by atoms with Crippen molar-refractivity contribution >= 4 is 5.91 Å². The molecule has 0 saturated heterocycles. The Morgan fingerprint density at radius 1 is 1.17 bits per heavy atom. The van der Waals surface area contributed by atoms with E-state index >= 15 is 0 Å². The molecule has 0 unspecified atom stereocenters. The minimum atomic E-state index is -0.655. The number of nitrogens with zero attached hydrogens (tertiary/aromatic N) is 1. The highest BCUT2D eigenvalue weighted by Crippen LogP contribution is 2.22. The van der Waals surface area contributed by atoms with Gasteiger partial charge in [0.2, 0.25) is 0 Å². The van der Waals surface area contributed by atoms with Crippen LogP contribution in [0.3, 0.4) is 0 Å². The number of carbonyl (C=O) groups excluding carboxylic acids is 1. The third-order valence-corrected chi connectivity index (χ3v) is 4.19. The summed E-state index contributed by atoms with van der Waals surface area (Å²) in [5, 5.41) is 0. The molecule has 2 aromatic rings. The van der Waals surface area contributed by atoms with Gasteiger partial charge in [0, 0.05) is 13.1 Å². The third-order valence-electron chi connectivity index (χ3n) is 4.19. The molecule has 1 amide bonds. The number of rotatable bonds is 4. The van der Waals surface area contributed by atoms with Gasteiger partial charge in [-0.15, -0.1) is 0 Å². The lowest BCUT2D eigenvalue weighted by molar-refractivity contribution is -0.139. The normalized spacial score (nSPS) is 15.0. The average molecular weight is 313 g/mol. The average Bonchev–Trinajstić information content (AvgIpc) is 2.60. The first-order valence-electron chi connectivity index (χ1n) is 7.95. The van der Waals surface area contributed by atoms with Gasteiger partial charge in [-0.05, 0) is 36.1 Å². The number of benzene rings is 2. The van der Waals surface area contributed by atoms with E-state index in [-0.39, 0.29) is 11.7 Å². The molecule has 1 atom stereocenters. The molecule has 23 heavy (non-hydrogen) atoms. The van der Waals surface area contributed by atoms with Crippen LogP contribution >= 0.6 is 0 Å². The fourth-order valence-electron chi connectivity index (χ4n) is 2.89. The maximum atomic E-state index is 13.7. The van der Waals surface area contributed by atoms with E-state index in [1.54, 1.807) is 23.1 Å². The Morgan fingerprint density at radius 3 is 2.61 bits per heavy atom. The number of ether oxygens (including phenoxy) is 1. The van der Waals surface area contributed by atoms with Gasteiger partial charge in [-0.1, -0.05) is 43.3 Å². The van der Waals surface area contributed by atoms with Gasteiger partial charge >= 0.3 is 0 Å². The van der Waals surface area contributed by atoms with Crippen LogP contribution < -0.4 is 4.74 Å². The van der Waals surface area contributed by atoms with E-state index in [9.17, 15) is 9.18 Å². The lowest BCUT2D eigenvalue weighted by Gasteiger charge is -2.31. The highest BCUT2D eigenvalue weighted by atomic mass is 19.1. The minimum absolute atomic E-state index is 0.0785. The summed E-state index contributed by atoms with van der Waals surface area (Å²) in [6.07, 6.45) is 0.695. The zero-order valence-corrected chi connectivity index (χ0v) is 13.2. The standard InChI is InChI=1S/C19H20FNO2/c1-2-17(23-18-10-6-5-9-16(18)20)19(22)21-12-11-14-7-3-4-8-15(14)13-21/h3-10,17H,2,11-13H2,1H3/t17-/m1/s1. The van der Waals surface area contributed by atoms with Gasteiger partial charge in [-0.3, -0.25) is 4.79 Å². The zero-order chi connectivity index (χ0) is 16.2. The molecule has 0 fully saturated rings. The molecule has 1 aliphatic heterocycles. The first-order chi connectivity index (χ1) is 11.2. The van der Waals surface area contributed by atoms with Gasteiger partial charge in [0.15, 0.2) is 17.7 Å². The number of amides is 1. The molecule has 3 rings (SSSR count). The summed E-state index contributed by atoms with van der Waals surface area (Å²) in [5.74, 6) is -0.391.